The molecule has 0 spiro atoms. The van der Waals surface area contributed by atoms with Crippen LogP contribution in [-0.4, -0.2) is 17.0 Å². The molecular weight excluding hydrogens is 150 g/mol. The number of anilines is 1. The van der Waals surface area contributed by atoms with E-state index in [1.807, 2.05) is 6.92 Å². The predicted molar refractivity (Wildman–Crippen MR) is 41.3 cm³/mol. The minimum Gasteiger partial charge on any atom is -0.372 e. The van der Waals surface area contributed by atoms with Crippen LogP contribution in [0.5, 0.6) is 0 Å². The van der Waals surface area contributed by atoms with Gasteiger partial charge < -0.3 is 5.32 Å². The molecule has 4 heteroatoms. The third-order valence-electron chi connectivity index (χ3n) is 1.20. The number of aryl methyl sites for hydroxylation is 1. The van der Waals surface area contributed by atoms with Gasteiger partial charge in [0.15, 0.2) is 0 Å². The molecule has 0 unspecified atom stereocenters. The third-order valence-corrected chi connectivity index (χ3v) is 1.65. The van der Waals surface area contributed by atoms with E-state index in [9.17, 15) is 0 Å². The van der Waals surface area contributed by atoms with E-state index in [-0.39, 0.29) is 0 Å². The van der Waals surface area contributed by atoms with Gasteiger partial charge in [-0.15, -0.1) is 0 Å². The lowest BCUT2D eigenvalue weighted by molar-refractivity contribution is 1.10. The Labute approximate surface area is 64.5 Å². The molecule has 0 atom stereocenters. The Kier molecular flexibility index (Phi) is 2.06. The minimum absolute atomic E-state index is 0.588. The van der Waals surface area contributed by atoms with Crippen LogP contribution >= 0.6 is 11.6 Å². The molecule has 0 fully saturated rings. The Hall–Kier alpha value is -0.830. The summed E-state index contributed by atoms with van der Waals surface area (Å²) in [4.78, 5) is 7.81. The number of nitrogens with one attached hydrogen (secondary N) is 1. The van der Waals surface area contributed by atoms with Crippen LogP contribution in [0.15, 0.2) is 6.33 Å². The van der Waals surface area contributed by atoms with Gasteiger partial charge in [0.05, 0.1) is 5.69 Å². The average molecular weight is 158 g/mol. The van der Waals surface area contributed by atoms with Crippen LogP contribution < -0.4 is 5.32 Å². The molecule has 0 aliphatic heterocycles. The van der Waals surface area contributed by atoms with Crippen LogP contribution in [-0.2, 0) is 0 Å². The molecule has 1 aromatic heterocycles. The van der Waals surface area contributed by atoms with Crippen molar-refractivity contribution in [2.45, 2.75) is 6.92 Å². The predicted octanol–water partition coefficient (Wildman–Crippen LogP) is 1.48. The largest absolute Gasteiger partial charge is 0.372 e. The molecule has 0 aliphatic rings. The topological polar surface area (TPSA) is 37.8 Å². The lowest BCUT2D eigenvalue weighted by Crippen LogP contribution is -1.95. The SMILES string of the molecule is CNc1ncnc(C)c1Cl. The Morgan fingerprint density at radius 1 is 1.50 bits per heavy atom. The summed E-state index contributed by atoms with van der Waals surface area (Å²) in [6, 6.07) is 0. The van der Waals surface area contributed by atoms with Crippen LogP contribution in [0.4, 0.5) is 5.82 Å². The molecule has 1 rings (SSSR count). The number of rotatable bonds is 1. The molecule has 1 heterocycles. The van der Waals surface area contributed by atoms with Crippen molar-refractivity contribution in [3.05, 3.63) is 17.0 Å². The van der Waals surface area contributed by atoms with Gasteiger partial charge in [-0.2, -0.15) is 0 Å². The molecule has 0 radical (unpaired) electrons. The van der Waals surface area contributed by atoms with Crippen molar-refractivity contribution in [1.82, 2.24) is 9.97 Å². The molecule has 0 aliphatic carbocycles. The van der Waals surface area contributed by atoms with Crippen LogP contribution in [0.3, 0.4) is 0 Å². The zero-order valence-electron chi connectivity index (χ0n) is 5.85. The Morgan fingerprint density at radius 3 is 2.70 bits per heavy atom. The summed E-state index contributed by atoms with van der Waals surface area (Å²) in [6.07, 6.45) is 1.48. The van der Waals surface area contributed by atoms with Crippen LogP contribution in [0, 0.1) is 6.92 Å². The summed E-state index contributed by atoms with van der Waals surface area (Å²) in [5.41, 5.74) is 0.793. The fraction of sp³-hybridized carbons (Fsp3) is 0.333. The second-order valence-corrected chi connectivity index (χ2v) is 2.25. The van der Waals surface area contributed by atoms with Crippen molar-refractivity contribution >= 4 is 17.4 Å². The van der Waals surface area contributed by atoms with Crippen molar-refractivity contribution in [3.63, 3.8) is 0 Å². The van der Waals surface area contributed by atoms with E-state index in [0.29, 0.717) is 10.8 Å². The van der Waals surface area contributed by atoms with Gasteiger partial charge in [-0.05, 0) is 6.92 Å². The molecule has 54 valence electrons. The standard InChI is InChI=1S/C6H8ClN3/c1-4-5(7)6(8-2)10-3-9-4/h3H,1-2H3,(H,8,9,10). The fourth-order valence-corrected chi connectivity index (χ4v) is 0.824. The van der Waals surface area contributed by atoms with E-state index in [0.717, 1.165) is 5.69 Å². The number of aromatic nitrogens is 2. The number of hydrogen-bond acceptors (Lipinski definition) is 3. The fourth-order valence-electron chi connectivity index (χ4n) is 0.632. The second-order valence-electron chi connectivity index (χ2n) is 1.87. The quantitative estimate of drug-likeness (QED) is 0.671. The summed E-state index contributed by atoms with van der Waals surface area (Å²) < 4.78 is 0. The first-order valence-corrected chi connectivity index (χ1v) is 3.28. The van der Waals surface area contributed by atoms with Gasteiger partial charge in [-0.25, -0.2) is 9.97 Å². The van der Waals surface area contributed by atoms with E-state index in [4.69, 9.17) is 11.6 Å². The maximum atomic E-state index is 5.81. The normalized spacial score (nSPS) is 9.50. The van der Waals surface area contributed by atoms with Crippen molar-refractivity contribution in [1.29, 1.82) is 0 Å². The van der Waals surface area contributed by atoms with Crippen LogP contribution in [0.25, 0.3) is 0 Å². The number of hydrogen-bond donors (Lipinski definition) is 1. The average Bonchev–Trinajstić information content (AvgIpc) is 1.95. The Balaban J connectivity index is 3.14. The monoisotopic (exact) mass is 157 g/mol. The molecule has 0 saturated heterocycles. The highest BCUT2D eigenvalue weighted by Gasteiger charge is 2.01. The maximum Gasteiger partial charge on any atom is 0.148 e. The maximum absolute atomic E-state index is 5.81. The summed E-state index contributed by atoms with van der Waals surface area (Å²) in [7, 11) is 1.77. The molecule has 0 saturated carbocycles. The minimum atomic E-state index is 0.588. The zero-order valence-corrected chi connectivity index (χ0v) is 6.61. The lowest BCUT2D eigenvalue weighted by Gasteiger charge is -2.01. The summed E-state index contributed by atoms with van der Waals surface area (Å²) in [5.74, 6) is 0.675. The van der Waals surface area contributed by atoms with Gasteiger partial charge in [0.1, 0.15) is 17.2 Å². The highest BCUT2D eigenvalue weighted by Crippen LogP contribution is 2.19. The molecule has 1 aromatic rings. The highest BCUT2D eigenvalue weighted by molar-refractivity contribution is 6.33. The van der Waals surface area contributed by atoms with Crippen molar-refractivity contribution in [2.24, 2.45) is 0 Å². The second kappa shape index (κ2) is 2.84. The first kappa shape index (κ1) is 7.28. The highest BCUT2D eigenvalue weighted by atomic mass is 35.5. The first-order chi connectivity index (χ1) is 4.75. The van der Waals surface area contributed by atoms with Gasteiger partial charge in [-0.1, -0.05) is 11.6 Å². The first-order valence-electron chi connectivity index (χ1n) is 2.90. The summed E-state index contributed by atoms with van der Waals surface area (Å²) in [6.45, 7) is 1.84. The molecule has 3 nitrogen and oxygen atoms in total. The van der Waals surface area contributed by atoms with Gasteiger partial charge >= 0.3 is 0 Å². The van der Waals surface area contributed by atoms with E-state index < -0.39 is 0 Å². The number of halogens is 1. The summed E-state index contributed by atoms with van der Waals surface area (Å²) in [5, 5.41) is 3.44. The van der Waals surface area contributed by atoms with E-state index in [1.165, 1.54) is 6.33 Å². The molecular formula is C6H8ClN3. The van der Waals surface area contributed by atoms with Crippen molar-refractivity contribution in [2.75, 3.05) is 12.4 Å². The number of nitrogens with zero attached hydrogens (tertiary/aromatic N) is 2. The van der Waals surface area contributed by atoms with E-state index >= 15 is 0 Å². The van der Waals surface area contributed by atoms with Crippen molar-refractivity contribution in [3.8, 4) is 0 Å². The Bertz CT molecular complexity index is 236. The molecule has 0 bridgehead atoms. The van der Waals surface area contributed by atoms with Crippen molar-refractivity contribution < 1.29 is 0 Å². The molecule has 0 aromatic carbocycles. The molecule has 0 amide bonds. The Morgan fingerprint density at radius 2 is 2.20 bits per heavy atom. The van der Waals surface area contributed by atoms with Gasteiger partial charge in [0, 0.05) is 7.05 Å². The van der Waals surface area contributed by atoms with E-state index in [2.05, 4.69) is 15.3 Å². The zero-order chi connectivity index (χ0) is 7.56. The van der Waals surface area contributed by atoms with Gasteiger partial charge in [0.25, 0.3) is 0 Å². The van der Waals surface area contributed by atoms with Crippen LogP contribution in [0.1, 0.15) is 5.69 Å². The smallest absolute Gasteiger partial charge is 0.148 e. The van der Waals surface area contributed by atoms with Gasteiger partial charge in [-0.3, -0.25) is 0 Å². The lowest BCUT2D eigenvalue weighted by atomic mass is 10.4. The molecule has 1 N–H and O–H groups in total. The van der Waals surface area contributed by atoms with Gasteiger partial charge in [0.2, 0.25) is 0 Å². The molecule has 10 heavy (non-hydrogen) atoms. The summed E-state index contributed by atoms with van der Waals surface area (Å²) >= 11 is 5.81. The van der Waals surface area contributed by atoms with E-state index in [1.54, 1.807) is 7.05 Å². The van der Waals surface area contributed by atoms with Crippen LogP contribution in [0.2, 0.25) is 5.02 Å². The third kappa shape index (κ3) is 1.19.